The van der Waals surface area contributed by atoms with Gasteiger partial charge in [0.25, 0.3) is 0 Å². The van der Waals surface area contributed by atoms with E-state index in [2.05, 4.69) is 0 Å². The Morgan fingerprint density at radius 1 is 1.13 bits per heavy atom. The number of rotatable bonds is 4. The largest absolute Gasteiger partial charge is 0.456 e. The molecule has 0 aliphatic carbocycles. The normalized spacial score (nSPS) is 16.7. The minimum absolute atomic E-state index is 0.0557. The highest BCUT2D eigenvalue weighted by molar-refractivity contribution is 5.72. The molecule has 3 heteroatoms. The van der Waals surface area contributed by atoms with Gasteiger partial charge in [-0.15, -0.1) is 0 Å². The average Bonchev–Trinajstić information content (AvgIpc) is 2.01. The van der Waals surface area contributed by atoms with Crippen molar-refractivity contribution in [3.05, 3.63) is 0 Å². The highest BCUT2D eigenvalue weighted by Crippen LogP contribution is 2.33. The number of carbonyl (C=O) groups excluding carboxylic acids is 1. The first-order valence-electron chi connectivity index (χ1n) is 5.47. The van der Waals surface area contributed by atoms with Gasteiger partial charge in [0.05, 0.1) is 11.5 Å². The quantitative estimate of drug-likeness (QED) is 0.734. The Hall–Kier alpha value is -0.570. The van der Waals surface area contributed by atoms with Crippen molar-refractivity contribution in [1.29, 1.82) is 0 Å². The maximum Gasteiger partial charge on any atom is 0.309 e. The zero-order valence-corrected chi connectivity index (χ0v) is 10.9. The fraction of sp³-hybridized carbons (Fsp3) is 0.917. The number of esters is 1. The van der Waals surface area contributed by atoms with E-state index in [-0.39, 0.29) is 17.8 Å². The van der Waals surface area contributed by atoms with Gasteiger partial charge in [0.15, 0.2) is 0 Å². The summed E-state index contributed by atoms with van der Waals surface area (Å²) in [5, 5.41) is 10.1. The van der Waals surface area contributed by atoms with Crippen LogP contribution < -0.4 is 0 Å². The fourth-order valence-corrected chi connectivity index (χ4v) is 1.28. The van der Waals surface area contributed by atoms with Gasteiger partial charge in [-0.2, -0.15) is 0 Å². The molecule has 15 heavy (non-hydrogen) atoms. The van der Waals surface area contributed by atoms with Gasteiger partial charge in [0.2, 0.25) is 0 Å². The average molecular weight is 216 g/mol. The molecule has 0 fully saturated rings. The molecular weight excluding hydrogens is 192 g/mol. The minimum Gasteiger partial charge on any atom is -0.456 e. The van der Waals surface area contributed by atoms with E-state index in [0.29, 0.717) is 0 Å². The summed E-state index contributed by atoms with van der Waals surface area (Å²) in [4.78, 5) is 11.6. The van der Waals surface area contributed by atoms with E-state index in [1.54, 1.807) is 34.6 Å². The van der Waals surface area contributed by atoms with E-state index in [1.165, 1.54) is 0 Å². The molecule has 1 N–H and O–H groups in total. The van der Waals surface area contributed by atoms with Crippen LogP contribution in [-0.4, -0.2) is 22.3 Å². The van der Waals surface area contributed by atoms with Crippen molar-refractivity contribution < 1.29 is 14.6 Å². The third kappa shape index (κ3) is 3.20. The molecule has 0 saturated carbocycles. The number of hydrogen-bond acceptors (Lipinski definition) is 3. The zero-order valence-electron chi connectivity index (χ0n) is 10.9. The lowest BCUT2D eigenvalue weighted by Crippen LogP contribution is -2.55. The van der Waals surface area contributed by atoms with Crippen LogP contribution in [0.2, 0.25) is 0 Å². The highest BCUT2D eigenvalue weighted by Gasteiger charge is 2.46. The van der Waals surface area contributed by atoms with Crippen molar-refractivity contribution in [3.8, 4) is 0 Å². The summed E-state index contributed by atoms with van der Waals surface area (Å²) in [5.74, 6) is -0.390. The SMILES string of the molecule is CC(C)C(=O)OC(C)(C(C)C)C(C)(C)O. The molecule has 0 amide bonds. The molecule has 0 aliphatic rings. The highest BCUT2D eigenvalue weighted by atomic mass is 16.6. The van der Waals surface area contributed by atoms with Crippen LogP contribution >= 0.6 is 0 Å². The number of carbonyl (C=O) groups is 1. The first-order valence-corrected chi connectivity index (χ1v) is 5.47. The first kappa shape index (κ1) is 14.4. The van der Waals surface area contributed by atoms with Crippen LogP contribution in [-0.2, 0) is 9.53 Å². The Kier molecular flexibility index (Phi) is 4.35. The van der Waals surface area contributed by atoms with Gasteiger partial charge >= 0.3 is 5.97 Å². The molecule has 3 nitrogen and oxygen atoms in total. The van der Waals surface area contributed by atoms with E-state index < -0.39 is 11.2 Å². The van der Waals surface area contributed by atoms with Crippen LogP contribution in [0.5, 0.6) is 0 Å². The zero-order chi connectivity index (χ0) is 12.4. The Balaban J connectivity index is 4.92. The van der Waals surface area contributed by atoms with E-state index in [9.17, 15) is 9.90 Å². The molecule has 90 valence electrons. The van der Waals surface area contributed by atoms with E-state index in [1.807, 2.05) is 13.8 Å². The molecule has 0 bridgehead atoms. The van der Waals surface area contributed by atoms with Gasteiger partial charge in [-0.05, 0) is 26.7 Å². The Morgan fingerprint density at radius 2 is 1.53 bits per heavy atom. The summed E-state index contributed by atoms with van der Waals surface area (Å²) in [6.45, 7) is 12.6. The van der Waals surface area contributed by atoms with Crippen molar-refractivity contribution in [2.45, 2.75) is 59.7 Å². The predicted octanol–water partition coefficient (Wildman–Crippen LogP) is 2.37. The van der Waals surface area contributed by atoms with E-state index >= 15 is 0 Å². The van der Waals surface area contributed by atoms with Gasteiger partial charge in [-0.1, -0.05) is 27.7 Å². The summed E-state index contributed by atoms with van der Waals surface area (Å²) >= 11 is 0. The van der Waals surface area contributed by atoms with Crippen LogP contribution in [0.25, 0.3) is 0 Å². The fourth-order valence-electron chi connectivity index (χ4n) is 1.28. The lowest BCUT2D eigenvalue weighted by Gasteiger charge is -2.43. The molecule has 0 aromatic heterocycles. The van der Waals surface area contributed by atoms with E-state index in [4.69, 9.17) is 4.74 Å². The predicted molar refractivity (Wildman–Crippen MR) is 60.5 cm³/mol. The number of hydrogen-bond donors (Lipinski definition) is 1. The number of aliphatic hydroxyl groups is 1. The van der Waals surface area contributed by atoms with Crippen LogP contribution in [0, 0.1) is 11.8 Å². The van der Waals surface area contributed by atoms with Crippen molar-refractivity contribution in [3.63, 3.8) is 0 Å². The topological polar surface area (TPSA) is 46.5 Å². The van der Waals surface area contributed by atoms with Gasteiger partial charge in [0, 0.05) is 0 Å². The summed E-state index contributed by atoms with van der Waals surface area (Å²) in [6.07, 6.45) is 0. The summed E-state index contributed by atoms with van der Waals surface area (Å²) < 4.78 is 5.44. The standard InChI is InChI=1S/C12H24O3/c1-8(2)10(13)15-12(7,9(3)4)11(5,6)14/h8-9,14H,1-7H3. The molecule has 1 atom stereocenters. The Morgan fingerprint density at radius 3 is 1.73 bits per heavy atom. The molecular formula is C12H24O3. The molecule has 0 rings (SSSR count). The molecule has 0 aromatic carbocycles. The second-order valence-electron chi connectivity index (χ2n) is 5.40. The monoisotopic (exact) mass is 216 g/mol. The third-order valence-electron chi connectivity index (χ3n) is 3.10. The Bertz CT molecular complexity index is 226. The molecule has 1 unspecified atom stereocenters. The van der Waals surface area contributed by atoms with E-state index in [0.717, 1.165) is 0 Å². The minimum atomic E-state index is -1.05. The van der Waals surface area contributed by atoms with Gasteiger partial charge in [-0.3, -0.25) is 4.79 Å². The molecule has 0 aromatic rings. The van der Waals surface area contributed by atoms with Crippen molar-refractivity contribution in [2.75, 3.05) is 0 Å². The van der Waals surface area contributed by atoms with Gasteiger partial charge < -0.3 is 9.84 Å². The first-order chi connectivity index (χ1) is 6.52. The molecule has 0 radical (unpaired) electrons. The van der Waals surface area contributed by atoms with Crippen LogP contribution in [0.3, 0.4) is 0 Å². The number of ether oxygens (including phenoxy) is 1. The van der Waals surface area contributed by atoms with Crippen molar-refractivity contribution in [2.24, 2.45) is 11.8 Å². The maximum atomic E-state index is 11.6. The maximum absolute atomic E-state index is 11.6. The molecule has 0 spiro atoms. The van der Waals surface area contributed by atoms with Gasteiger partial charge in [0.1, 0.15) is 5.60 Å². The second kappa shape index (κ2) is 4.52. The third-order valence-corrected chi connectivity index (χ3v) is 3.10. The lowest BCUT2D eigenvalue weighted by atomic mass is 9.78. The van der Waals surface area contributed by atoms with Crippen LogP contribution in [0.15, 0.2) is 0 Å². The van der Waals surface area contributed by atoms with Crippen molar-refractivity contribution >= 4 is 5.97 Å². The Labute approximate surface area is 92.8 Å². The second-order valence-corrected chi connectivity index (χ2v) is 5.40. The molecule has 0 heterocycles. The summed E-state index contributed by atoms with van der Waals surface area (Å²) in [5.41, 5.74) is -1.90. The summed E-state index contributed by atoms with van der Waals surface area (Å²) in [6, 6.07) is 0. The van der Waals surface area contributed by atoms with Crippen LogP contribution in [0.4, 0.5) is 0 Å². The summed E-state index contributed by atoms with van der Waals surface area (Å²) in [7, 11) is 0. The lowest BCUT2D eigenvalue weighted by molar-refractivity contribution is -0.199. The van der Waals surface area contributed by atoms with Crippen molar-refractivity contribution in [1.82, 2.24) is 0 Å². The smallest absolute Gasteiger partial charge is 0.309 e. The van der Waals surface area contributed by atoms with Gasteiger partial charge in [-0.25, -0.2) is 0 Å². The molecule has 0 aliphatic heterocycles. The molecule has 0 saturated heterocycles. The van der Waals surface area contributed by atoms with Crippen LogP contribution in [0.1, 0.15) is 48.5 Å².